The quantitative estimate of drug-likeness (QED) is 0.882. The number of hydrogen-bond acceptors (Lipinski definition) is 3. The van der Waals surface area contributed by atoms with Gasteiger partial charge in [0.1, 0.15) is 0 Å². The zero-order valence-electron chi connectivity index (χ0n) is 12.7. The first-order valence-corrected chi connectivity index (χ1v) is 7.74. The lowest BCUT2D eigenvalue weighted by atomic mass is 10.1. The first kappa shape index (κ1) is 14.1. The van der Waals surface area contributed by atoms with Crippen molar-refractivity contribution in [2.75, 3.05) is 32.0 Å². The Morgan fingerprint density at radius 1 is 1.05 bits per heavy atom. The summed E-state index contributed by atoms with van der Waals surface area (Å²) in [5, 5.41) is 3.42. The second kappa shape index (κ2) is 6.72. The number of rotatable bonds is 6. The highest BCUT2D eigenvalue weighted by Gasteiger charge is 2.10. The highest BCUT2D eigenvalue weighted by atomic mass is 15.1. The van der Waals surface area contributed by atoms with Gasteiger partial charge in [0.05, 0.1) is 0 Å². The Morgan fingerprint density at radius 3 is 2.62 bits per heavy atom. The molecule has 0 saturated heterocycles. The van der Waals surface area contributed by atoms with Crippen molar-refractivity contribution >= 4 is 5.69 Å². The van der Waals surface area contributed by atoms with Crippen molar-refractivity contribution in [3.8, 4) is 0 Å². The molecular weight excluding hydrogens is 258 g/mol. The van der Waals surface area contributed by atoms with E-state index in [9.17, 15) is 0 Å². The third-order valence-corrected chi connectivity index (χ3v) is 4.19. The van der Waals surface area contributed by atoms with Crippen molar-refractivity contribution in [2.45, 2.75) is 19.3 Å². The molecule has 21 heavy (non-hydrogen) atoms. The van der Waals surface area contributed by atoms with Crippen molar-refractivity contribution in [1.29, 1.82) is 0 Å². The van der Waals surface area contributed by atoms with E-state index < -0.39 is 0 Å². The van der Waals surface area contributed by atoms with Gasteiger partial charge >= 0.3 is 0 Å². The third kappa shape index (κ3) is 3.82. The lowest BCUT2D eigenvalue weighted by molar-refractivity contribution is 0.343. The Balaban J connectivity index is 1.46. The summed E-state index contributed by atoms with van der Waals surface area (Å²) in [6.45, 7) is 3.29. The molecule has 0 radical (unpaired) electrons. The van der Waals surface area contributed by atoms with Gasteiger partial charge in [0.25, 0.3) is 0 Å². The minimum Gasteiger partial charge on any atom is -0.384 e. The number of benzene rings is 1. The summed E-state index contributed by atoms with van der Waals surface area (Å²) in [4.78, 5) is 6.47. The molecule has 0 amide bonds. The van der Waals surface area contributed by atoms with Crippen molar-refractivity contribution < 1.29 is 0 Å². The van der Waals surface area contributed by atoms with Gasteiger partial charge in [-0.05, 0) is 61.2 Å². The van der Waals surface area contributed by atoms with Crippen LogP contribution in [0.15, 0.2) is 42.7 Å². The molecule has 1 aliphatic heterocycles. The molecule has 0 saturated carbocycles. The largest absolute Gasteiger partial charge is 0.384 e. The monoisotopic (exact) mass is 281 g/mol. The van der Waals surface area contributed by atoms with Crippen LogP contribution in [0.3, 0.4) is 0 Å². The smallest absolute Gasteiger partial charge is 0.0373 e. The van der Waals surface area contributed by atoms with Gasteiger partial charge in [0.15, 0.2) is 0 Å². The molecule has 0 aliphatic carbocycles. The number of likely N-dealkylation sites (N-methyl/N-ethyl adjacent to an activating group) is 1. The molecule has 0 unspecified atom stereocenters. The van der Waals surface area contributed by atoms with Crippen LogP contribution in [0.2, 0.25) is 0 Å². The van der Waals surface area contributed by atoms with E-state index in [1.807, 2.05) is 12.4 Å². The molecular formula is C18H23N3. The van der Waals surface area contributed by atoms with E-state index in [0.29, 0.717) is 0 Å². The van der Waals surface area contributed by atoms with Crippen molar-refractivity contribution in [3.05, 3.63) is 59.4 Å². The van der Waals surface area contributed by atoms with E-state index in [-0.39, 0.29) is 0 Å². The van der Waals surface area contributed by atoms with Crippen molar-refractivity contribution in [1.82, 2.24) is 9.88 Å². The third-order valence-electron chi connectivity index (χ3n) is 4.19. The standard InChI is InChI=1S/C18H23N3/c1-21(12-7-15-4-9-19-10-5-15)13-8-16-2-3-18-17(14-16)6-11-20-18/h2-5,9-10,14,20H,6-8,11-13H2,1H3. The van der Waals surface area contributed by atoms with Gasteiger partial charge in [-0.2, -0.15) is 0 Å². The molecule has 0 bridgehead atoms. The molecule has 2 heterocycles. The molecule has 110 valence electrons. The van der Waals surface area contributed by atoms with E-state index >= 15 is 0 Å². The minimum absolute atomic E-state index is 1.09. The molecule has 1 aromatic heterocycles. The lowest BCUT2D eigenvalue weighted by Crippen LogP contribution is -2.23. The first-order chi connectivity index (χ1) is 10.3. The number of hydrogen-bond donors (Lipinski definition) is 1. The highest BCUT2D eigenvalue weighted by Crippen LogP contribution is 2.23. The molecule has 0 spiro atoms. The van der Waals surface area contributed by atoms with Gasteiger partial charge in [-0.15, -0.1) is 0 Å². The number of fused-ring (bicyclic) bond motifs is 1. The van der Waals surface area contributed by atoms with Gasteiger partial charge in [-0.3, -0.25) is 4.98 Å². The predicted octanol–water partition coefficient (Wildman–Crippen LogP) is 2.77. The number of aromatic nitrogens is 1. The second-order valence-electron chi connectivity index (χ2n) is 5.83. The Kier molecular flexibility index (Phi) is 4.51. The Hall–Kier alpha value is -1.87. The van der Waals surface area contributed by atoms with E-state index in [1.165, 1.54) is 28.8 Å². The first-order valence-electron chi connectivity index (χ1n) is 7.74. The number of anilines is 1. The summed E-state index contributed by atoms with van der Waals surface area (Å²) in [5.74, 6) is 0. The molecule has 0 atom stereocenters. The second-order valence-corrected chi connectivity index (χ2v) is 5.83. The van der Waals surface area contributed by atoms with E-state index in [4.69, 9.17) is 0 Å². The normalized spacial score (nSPS) is 13.2. The topological polar surface area (TPSA) is 28.2 Å². The van der Waals surface area contributed by atoms with Gasteiger partial charge in [-0.25, -0.2) is 0 Å². The summed E-state index contributed by atoms with van der Waals surface area (Å²) >= 11 is 0. The molecule has 3 rings (SSSR count). The summed E-state index contributed by atoms with van der Waals surface area (Å²) in [7, 11) is 2.20. The molecule has 3 nitrogen and oxygen atoms in total. The van der Waals surface area contributed by atoms with E-state index in [2.05, 4.69) is 52.6 Å². The van der Waals surface area contributed by atoms with E-state index in [1.54, 1.807) is 0 Å². The van der Waals surface area contributed by atoms with Crippen LogP contribution in [-0.2, 0) is 19.3 Å². The van der Waals surface area contributed by atoms with Crippen LogP contribution >= 0.6 is 0 Å². The fourth-order valence-electron chi connectivity index (χ4n) is 2.81. The molecule has 1 aliphatic rings. The summed E-state index contributed by atoms with van der Waals surface area (Å²) in [6, 6.07) is 11.1. The Labute approximate surface area is 127 Å². The SMILES string of the molecule is CN(CCc1ccncc1)CCc1ccc2c(c1)CCN2. The molecule has 2 aromatic rings. The van der Waals surface area contributed by atoms with Crippen LogP contribution in [-0.4, -0.2) is 36.6 Å². The van der Waals surface area contributed by atoms with Crippen LogP contribution in [0.5, 0.6) is 0 Å². The maximum atomic E-state index is 4.06. The average molecular weight is 281 g/mol. The molecule has 3 heteroatoms. The fourth-order valence-corrected chi connectivity index (χ4v) is 2.81. The van der Waals surface area contributed by atoms with Gasteiger partial charge in [0, 0.05) is 37.7 Å². The predicted molar refractivity (Wildman–Crippen MR) is 87.8 cm³/mol. The zero-order valence-corrected chi connectivity index (χ0v) is 12.7. The highest BCUT2D eigenvalue weighted by molar-refractivity contribution is 5.56. The fraction of sp³-hybridized carbons (Fsp3) is 0.389. The lowest BCUT2D eigenvalue weighted by Gasteiger charge is -2.16. The summed E-state index contributed by atoms with van der Waals surface area (Å²) < 4.78 is 0. The number of nitrogens with zero attached hydrogens (tertiary/aromatic N) is 2. The maximum absolute atomic E-state index is 4.06. The van der Waals surface area contributed by atoms with Crippen LogP contribution in [0, 0.1) is 0 Å². The van der Waals surface area contributed by atoms with Gasteiger partial charge in [-0.1, -0.05) is 12.1 Å². The summed E-state index contributed by atoms with van der Waals surface area (Å²) in [5.41, 5.74) is 5.62. The van der Waals surface area contributed by atoms with Gasteiger partial charge < -0.3 is 10.2 Å². The minimum atomic E-state index is 1.09. The van der Waals surface area contributed by atoms with Crippen LogP contribution in [0.4, 0.5) is 5.69 Å². The average Bonchev–Trinajstić information content (AvgIpc) is 2.99. The van der Waals surface area contributed by atoms with E-state index in [0.717, 1.165) is 32.5 Å². The number of pyridine rings is 1. The maximum Gasteiger partial charge on any atom is 0.0373 e. The molecule has 1 aromatic carbocycles. The van der Waals surface area contributed by atoms with Crippen LogP contribution in [0.1, 0.15) is 16.7 Å². The van der Waals surface area contributed by atoms with Gasteiger partial charge in [0.2, 0.25) is 0 Å². The van der Waals surface area contributed by atoms with Crippen LogP contribution < -0.4 is 5.32 Å². The number of nitrogens with one attached hydrogen (secondary N) is 1. The molecule has 1 N–H and O–H groups in total. The Bertz CT molecular complexity index is 580. The zero-order chi connectivity index (χ0) is 14.5. The Morgan fingerprint density at radius 2 is 1.81 bits per heavy atom. The van der Waals surface area contributed by atoms with Crippen molar-refractivity contribution in [3.63, 3.8) is 0 Å². The molecule has 0 fully saturated rings. The van der Waals surface area contributed by atoms with Crippen LogP contribution in [0.25, 0.3) is 0 Å². The van der Waals surface area contributed by atoms with Crippen molar-refractivity contribution in [2.24, 2.45) is 0 Å². The summed E-state index contributed by atoms with van der Waals surface area (Å²) in [6.07, 6.45) is 7.12.